The van der Waals surface area contributed by atoms with Crippen molar-refractivity contribution in [3.05, 3.63) is 53.6 Å². The minimum absolute atomic E-state index is 0.158. The highest BCUT2D eigenvalue weighted by atomic mass is 35.5. The van der Waals surface area contributed by atoms with Gasteiger partial charge in [-0.05, 0) is 55.8 Å². The van der Waals surface area contributed by atoms with E-state index < -0.39 is 18.0 Å². The molecule has 1 atom stereocenters. The van der Waals surface area contributed by atoms with Gasteiger partial charge in [-0.25, -0.2) is 0 Å². The van der Waals surface area contributed by atoms with Crippen LogP contribution >= 0.6 is 11.6 Å². The number of carbonyl (C=O) groups excluding carboxylic acids is 2. The van der Waals surface area contributed by atoms with Crippen molar-refractivity contribution < 1.29 is 23.8 Å². The van der Waals surface area contributed by atoms with Gasteiger partial charge in [0, 0.05) is 17.1 Å². The first-order valence-electron chi connectivity index (χ1n) is 8.50. The lowest BCUT2D eigenvalue weighted by Crippen LogP contribution is -2.30. The maximum Gasteiger partial charge on any atom is 0.306 e. The standard InChI is InChI=1S/C20H22ClNO5/c1-14(20(24)22-16-6-3-5-15(21)13-16)27-19(23)7-4-12-26-18-10-8-17(25-2)9-11-18/h3,5-6,8-11,13-14H,4,7,12H2,1-2H3,(H,22,24)/t14-/m0/s1. The number of halogens is 1. The number of benzene rings is 2. The van der Waals surface area contributed by atoms with E-state index in [-0.39, 0.29) is 6.42 Å². The Hall–Kier alpha value is -2.73. The quantitative estimate of drug-likeness (QED) is 0.515. The van der Waals surface area contributed by atoms with Crippen molar-refractivity contribution in [3.8, 4) is 11.5 Å². The summed E-state index contributed by atoms with van der Waals surface area (Å²) in [7, 11) is 1.59. The third-order valence-corrected chi connectivity index (χ3v) is 3.86. The fraction of sp³-hybridized carbons (Fsp3) is 0.300. The molecule has 2 aromatic carbocycles. The molecule has 6 nitrogen and oxygen atoms in total. The van der Waals surface area contributed by atoms with Crippen molar-refractivity contribution in [3.63, 3.8) is 0 Å². The summed E-state index contributed by atoms with van der Waals surface area (Å²) in [5.41, 5.74) is 0.545. The molecule has 0 aliphatic heterocycles. The van der Waals surface area contributed by atoms with E-state index in [0.29, 0.717) is 29.5 Å². The predicted molar refractivity (Wildman–Crippen MR) is 103 cm³/mol. The van der Waals surface area contributed by atoms with Crippen LogP contribution in [0.1, 0.15) is 19.8 Å². The lowest BCUT2D eigenvalue weighted by Gasteiger charge is -2.14. The number of rotatable bonds is 9. The Labute approximate surface area is 163 Å². The Morgan fingerprint density at radius 1 is 1.11 bits per heavy atom. The first-order chi connectivity index (χ1) is 13.0. The number of nitrogens with one attached hydrogen (secondary N) is 1. The Bertz CT molecular complexity index is 763. The fourth-order valence-electron chi connectivity index (χ4n) is 2.20. The highest BCUT2D eigenvalue weighted by Gasteiger charge is 2.17. The van der Waals surface area contributed by atoms with Gasteiger partial charge < -0.3 is 19.5 Å². The Morgan fingerprint density at radius 2 is 1.81 bits per heavy atom. The van der Waals surface area contributed by atoms with E-state index in [4.69, 9.17) is 25.8 Å². The minimum atomic E-state index is -0.904. The van der Waals surface area contributed by atoms with Gasteiger partial charge in [-0.2, -0.15) is 0 Å². The molecule has 0 unspecified atom stereocenters. The maximum atomic E-state index is 12.1. The highest BCUT2D eigenvalue weighted by molar-refractivity contribution is 6.30. The van der Waals surface area contributed by atoms with Crippen LogP contribution in [0.2, 0.25) is 5.02 Å². The van der Waals surface area contributed by atoms with Gasteiger partial charge in [0.1, 0.15) is 11.5 Å². The Morgan fingerprint density at radius 3 is 2.48 bits per heavy atom. The van der Waals surface area contributed by atoms with E-state index in [1.54, 1.807) is 55.6 Å². The van der Waals surface area contributed by atoms with Crippen molar-refractivity contribution >= 4 is 29.2 Å². The highest BCUT2D eigenvalue weighted by Crippen LogP contribution is 2.17. The summed E-state index contributed by atoms with van der Waals surface area (Å²) in [6.07, 6.45) is -0.266. The third kappa shape index (κ3) is 7.19. The molecule has 1 amide bonds. The number of hydrogen-bond acceptors (Lipinski definition) is 5. The van der Waals surface area contributed by atoms with Crippen LogP contribution in [0.25, 0.3) is 0 Å². The van der Waals surface area contributed by atoms with Gasteiger partial charge >= 0.3 is 5.97 Å². The molecule has 0 aromatic heterocycles. The zero-order valence-corrected chi connectivity index (χ0v) is 16.0. The molecule has 0 saturated heterocycles. The van der Waals surface area contributed by atoms with Crippen molar-refractivity contribution in [2.24, 2.45) is 0 Å². The van der Waals surface area contributed by atoms with Crippen molar-refractivity contribution in [2.75, 3.05) is 19.0 Å². The SMILES string of the molecule is COc1ccc(OCCCC(=O)O[C@@H](C)C(=O)Nc2cccc(Cl)c2)cc1. The summed E-state index contributed by atoms with van der Waals surface area (Å²) in [4.78, 5) is 23.9. The molecule has 0 bridgehead atoms. The van der Waals surface area contributed by atoms with Crippen LogP contribution in [0.4, 0.5) is 5.69 Å². The van der Waals surface area contributed by atoms with Crippen LogP contribution < -0.4 is 14.8 Å². The molecule has 0 fully saturated rings. The van der Waals surface area contributed by atoms with Crippen molar-refractivity contribution in [2.45, 2.75) is 25.9 Å². The topological polar surface area (TPSA) is 73.9 Å². The van der Waals surface area contributed by atoms with Crippen LogP contribution in [0.5, 0.6) is 11.5 Å². The number of anilines is 1. The lowest BCUT2D eigenvalue weighted by molar-refractivity contribution is -0.153. The molecule has 0 heterocycles. The molecule has 0 saturated carbocycles. The molecule has 1 N–H and O–H groups in total. The van der Waals surface area contributed by atoms with Gasteiger partial charge in [-0.1, -0.05) is 17.7 Å². The third-order valence-electron chi connectivity index (χ3n) is 3.62. The first kappa shape index (κ1) is 20.6. The van der Waals surface area contributed by atoms with Crippen LogP contribution in [-0.4, -0.2) is 31.7 Å². The molecule has 0 radical (unpaired) electrons. The summed E-state index contributed by atoms with van der Waals surface area (Å²) in [5, 5.41) is 3.16. The molecule has 7 heteroatoms. The average Bonchev–Trinajstić information content (AvgIpc) is 2.65. The average molecular weight is 392 g/mol. The van der Waals surface area contributed by atoms with Crippen molar-refractivity contribution in [1.82, 2.24) is 0 Å². The summed E-state index contributed by atoms with van der Waals surface area (Å²) in [6.45, 7) is 1.89. The molecule has 144 valence electrons. The molecule has 2 aromatic rings. The number of hydrogen-bond donors (Lipinski definition) is 1. The van der Waals surface area contributed by atoms with E-state index in [0.717, 1.165) is 5.75 Å². The summed E-state index contributed by atoms with van der Waals surface area (Å²) < 4.78 is 15.8. The zero-order chi connectivity index (χ0) is 19.6. The second-order valence-electron chi connectivity index (χ2n) is 5.76. The maximum absolute atomic E-state index is 12.1. The molecular formula is C20H22ClNO5. The molecule has 27 heavy (non-hydrogen) atoms. The zero-order valence-electron chi connectivity index (χ0n) is 15.2. The summed E-state index contributed by atoms with van der Waals surface area (Å²) in [5.74, 6) is 0.566. The largest absolute Gasteiger partial charge is 0.497 e. The summed E-state index contributed by atoms with van der Waals surface area (Å²) in [6, 6.07) is 13.9. The van der Waals surface area contributed by atoms with E-state index >= 15 is 0 Å². The van der Waals surface area contributed by atoms with Gasteiger partial charge in [0.2, 0.25) is 0 Å². The first-order valence-corrected chi connectivity index (χ1v) is 8.88. The number of ether oxygens (including phenoxy) is 3. The van der Waals surface area contributed by atoms with Crippen LogP contribution in [0.15, 0.2) is 48.5 Å². The van der Waals surface area contributed by atoms with Gasteiger partial charge in [0.15, 0.2) is 6.10 Å². The van der Waals surface area contributed by atoms with E-state index in [1.165, 1.54) is 6.92 Å². The van der Waals surface area contributed by atoms with E-state index in [2.05, 4.69) is 5.32 Å². The van der Waals surface area contributed by atoms with Gasteiger partial charge in [-0.3, -0.25) is 9.59 Å². The fourth-order valence-corrected chi connectivity index (χ4v) is 2.39. The Balaban J connectivity index is 1.67. The smallest absolute Gasteiger partial charge is 0.306 e. The van der Waals surface area contributed by atoms with Gasteiger partial charge in [0.05, 0.1) is 13.7 Å². The number of amides is 1. The molecular weight excluding hydrogens is 370 g/mol. The van der Waals surface area contributed by atoms with E-state index in [1.807, 2.05) is 0 Å². The molecule has 2 rings (SSSR count). The number of methoxy groups -OCH3 is 1. The van der Waals surface area contributed by atoms with Crippen molar-refractivity contribution in [1.29, 1.82) is 0 Å². The normalized spacial score (nSPS) is 11.4. The molecule has 0 spiro atoms. The van der Waals surface area contributed by atoms with Crippen LogP contribution in [0, 0.1) is 0 Å². The van der Waals surface area contributed by atoms with Gasteiger partial charge in [0.25, 0.3) is 5.91 Å². The molecule has 0 aliphatic carbocycles. The van der Waals surface area contributed by atoms with E-state index in [9.17, 15) is 9.59 Å². The molecule has 0 aliphatic rings. The van der Waals surface area contributed by atoms with Crippen LogP contribution in [0.3, 0.4) is 0 Å². The monoisotopic (exact) mass is 391 g/mol. The summed E-state index contributed by atoms with van der Waals surface area (Å²) >= 11 is 5.87. The lowest BCUT2D eigenvalue weighted by atomic mass is 10.3. The number of carbonyl (C=O) groups is 2. The second-order valence-corrected chi connectivity index (χ2v) is 6.20. The minimum Gasteiger partial charge on any atom is -0.497 e. The second kappa shape index (κ2) is 10.4. The number of esters is 1. The van der Waals surface area contributed by atoms with Crippen LogP contribution in [-0.2, 0) is 14.3 Å². The predicted octanol–water partition coefficient (Wildman–Crippen LogP) is 4.08. The van der Waals surface area contributed by atoms with Gasteiger partial charge in [-0.15, -0.1) is 0 Å². The Kier molecular flexibility index (Phi) is 7.95.